The molecule has 0 saturated heterocycles. The zero-order valence-corrected chi connectivity index (χ0v) is 22.0. The highest BCUT2D eigenvalue weighted by molar-refractivity contribution is 7.92. The van der Waals surface area contributed by atoms with Gasteiger partial charge in [-0.15, -0.1) is 0 Å². The van der Waals surface area contributed by atoms with Crippen LogP contribution in [0.3, 0.4) is 0 Å². The standard InChI is InChI=1S/C26H26F7NO5S/c1-24(29,30)9-6-15-13-34(17-5-2-4-16(27)10-17)19-11-18(26(31,32)33)20(12-21(19)40(37,38)22(15)28)39-14-25(23(35)36)7-3-8-25/h2,4-5,10-12,15,22H,3,6-9,13-14H2,1H3,(H,35,36)/t15-,22+/m0/s1. The van der Waals surface area contributed by atoms with Crippen LogP contribution >= 0.6 is 0 Å². The molecule has 2 atom stereocenters. The third-order valence-corrected chi connectivity index (χ3v) is 9.31. The van der Waals surface area contributed by atoms with Crippen molar-refractivity contribution in [2.45, 2.75) is 61.5 Å². The molecule has 2 aliphatic rings. The van der Waals surface area contributed by atoms with Gasteiger partial charge in [0.05, 0.1) is 16.1 Å². The molecule has 2 aromatic carbocycles. The number of carboxylic acids is 1. The van der Waals surface area contributed by atoms with Crippen LogP contribution in [0.1, 0.15) is 44.6 Å². The van der Waals surface area contributed by atoms with Crippen LogP contribution in [0.15, 0.2) is 41.3 Å². The zero-order chi connectivity index (χ0) is 29.7. The van der Waals surface area contributed by atoms with E-state index in [4.69, 9.17) is 4.74 Å². The fourth-order valence-electron chi connectivity index (χ4n) is 4.91. The number of benzene rings is 2. The van der Waals surface area contributed by atoms with Crippen molar-refractivity contribution in [3.63, 3.8) is 0 Å². The lowest BCUT2D eigenvalue weighted by Crippen LogP contribution is -2.43. The lowest BCUT2D eigenvalue weighted by Gasteiger charge is -2.37. The predicted octanol–water partition coefficient (Wildman–Crippen LogP) is 6.75. The van der Waals surface area contributed by atoms with Crippen molar-refractivity contribution in [2.24, 2.45) is 11.3 Å². The molecule has 40 heavy (non-hydrogen) atoms. The van der Waals surface area contributed by atoms with Crippen molar-refractivity contribution < 1.29 is 53.8 Å². The molecule has 1 heterocycles. The molecule has 1 N–H and O–H groups in total. The number of halogens is 7. The maximum Gasteiger partial charge on any atom is 0.420 e. The molecule has 6 nitrogen and oxygen atoms in total. The zero-order valence-electron chi connectivity index (χ0n) is 21.1. The van der Waals surface area contributed by atoms with Crippen LogP contribution in [0.2, 0.25) is 0 Å². The third kappa shape index (κ3) is 5.86. The third-order valence-electron chi connectivity index (χ3n) is 7.39. The maximum atomic E-state index is 15.6. The highest BCUT2D eigenvalue weighted by atomic mass is 32.2. The van der Waals surface area contributed by atoms with Crippen LogP contribution in [-0.2, 0) is 20.8 Å². The molecular formula is C26H26F7NO5S. The fourth-order valence-corrected chi connectivity index (χ4v) is 6.61. The van der Waals surface area contributed by atoms with Crippen molar-refractivity contribution >= 4 is 27.2 Å². The summed E-state index contributed by atoms with van der Waals surface area (Å²) in [7, 11) is -5.08. The number of fused-ring (bicyclic) bond motifs is 1. The molecule has 0 spiro atoms. The Morgan fingerprint density at radius 2 is 1.82 bits per heavy atom. The number of rotatable bonds is 8. The Bertz CT molecular complexity index is 1390. The van der Waals surface area contributed by atoms with Gasteiger partial charge in [-0.1, -0.05) is 12.5 Å². The molecule has 0 unspecified atom stereocenters. The SMILES string of the molecule is CC(F)(F)CC[C@H]1CN(c2cccc(F)c2)c2cc(C(F)(F)F)c(OCC3(C(=O)O)CCC3)cc2S(=O)(=O)[C@H]1F. The summed E-state index contributed by atoms with van der Waals surface area (Å²) in [5.74, 6) is -8.03. The first-order valence-electron chi connectivity index (χ1n) is 12.3. The molecule has 14 heteroatoms. The van der Waals surface area contributed by atoms with E-state index < -0.39 is 98.4 Å². The smallest absolute Gasteiger partial charge is 0.420 e. The number of hydrogen-bond acceptors (Lipinski definition) is 5. The highest BCUT2D eigenvalue weighted by Crippen LogP contribution is 2.49. The van der Waals surface area contributed by atoms with Gasteiger partial charge in [0.15, 0.2) is 0 Å². The summed E-state index contributed by atoms with van der Waals surface area (Å²) in [5, 5.41) is 9.52. The van der Waals surface area contributed by atoms with Gasteiger partial charge in [0, 0.05) is 30.6 Å². The Hall–Kier alpha value is -3.03. The lowest BCUT2D eigenvalue weighted by atomic mass is 9.69. The molecule has 0 bridgehead atoms. The molecular weight excluding hydrogens is 571 g/mol. The van der Waals surface area contributed by atoms with Crippen LogP contribution in [0.25, 0.3) is 0 Å². The van der Waals surface area contributed by atoms with Crippen molar-refractivity contribution in [3.05, 3.63) is 47.8 Å². The van der Waals surface area contributed by atoms with Crippen molar-refractivity contribution in [2.75, 3.05) is 18.1 Å². The van der Waals surface area contributed by atoms with Gasteiger partial charge in [-0.2, -0.15) is 13.2 Å². The molecule has 4 rings (SSSR count). The minimum atomic E-state index is -5.12. The van der Waals surface area contributed by atoms with E-state index in [0.29, 0.717) is 25.5 Å². The van der Waals surface area contributed by atoms with E-state index >= 15 is 4.39 Å². The van der Waals surface area contributed by atoms with Crippen LogP contribution in [0.4, 0.5) is 42.1 Å². The van der Waals surface area contributed by atoms with Gasteiger partial charge in [-0.3, -0.25) is 4.79 Å². The monoisotopic (exact) mass is 597 g/mol. The Morgan fingerprint density at radius 3 is 2.35 bits per heavy atom. The summed E-state index contributed by atoms with van der Waals surface area (Å²) in [4.78, 5) is 11.7. The van der Waals surface area contributed by atoms with E-state index in [1.807, 2.05) is 0 Å². The van der Waals surface area contributed by atoms with Gasteiger partial charge in [0.25, 0.3) is 0 Å². The minimum absolute atomic E-state index is 0.125. The summed E-state index contributed by atoms with van der Waals surface area (Å²) < 4.78 is 132. The van der Waals surface area contributed by atoms with Crippen LogP contribution < -0.4 is 9.64 Å². The van der Waals surface area contributed by atoms with Crippen molar-refractivity contribution in [3.8, 4) is 5.75 Å². The van der Waals surface area contributed by atoms with Gasteiger partial charge < -0.3 is 14.7 Å². The number of alkyl halides is 6. The van der Waals surface area contributed by atoms with Crippen LogP contribution in [0.5, 0.6) is 5.75 Å². The normalized spacial score (nSPS) is 22.1. The molecule has 220 valence electrons. The molecule has 1 fully saturated rings. The summed E-state index contributed by atoms with van der Waals surface area (Å²) in [6, 6.07) is 5.29. The van der Waals surface area contributed by atoms with Gasteiger partial charge in [-0.25, -0.2) is 26.0 Å². The average molecular weight is 598 g/mol. The quantitative estimate of drug-likeness (QED) is 0.339. The Kier molecular flexibility index (Phi) is 7.80. The van der Waals surface area contributed by atoms with Crippen molar-refractivity contribution in [1.82, 2.24) is 0 Å². The molecule has 1 aliphatic carbocycles. The van der Waals surface area contributed by atoms with E-state index in [2.05, 4.69) is 0 Å². The van der Waals surface area contributed by atoms with Gasteiger partial charge in [0.1, 0.15) is 23.6 Å². The Labute approximate surface area is 225 Å². The van der Waals surface area contributed by atoms with E-state index in [-0.39, 0.29) is 18.5 Å². The number of carboxylic acid groups (broad SMARTS) is 1. The molecule has 2 aromatic rings. The highest BCUT2D eigenvalue weighted by Gasteiger charge is 2.48. The number of nitrogens with zero attached hydrogens (tertiary/aromatic N) is 1. The number of anilines is 2. The summed E-state index contributed by atoms with van der Waals surface area (Å²) >= 11 is 0. The minimum Gasteiger partial charge on any atom is -0.492 e. The lowest BCUT2D eigenvalue weighted by molar-refractivity contribution is -0.157. The number of aliphatic carboxylic acids is 1. The molecule has 0 radical (unpaired) electrons. The molecule has 0 aromatic heterocycles. The van der Waals surface area contributed by atoms with Gasteiger partial charge in [-0.05, 0) is 50.5 Å². The predicted molar refractivity (Wildman–Crippen MR) is 130 cm³/mol. The van der Waals surface area contributed by atoms with Gasteiger partial charge in [0.2, 0.25) is 21.3 Å². The number of ether oxygens (including phenoxy) is 1. The largest absolute Gasteiger partial charge is 0.492 e. The second-order valence-corrected chi connectivity index (χ2v) is 12.4. The van der Waals surface area contributed by atoms with Crippen LogP contribution in [0, 0.1) is 17.2 Å². The maximum absolute atomic E-state index is 15.6. The van der Waals surface area contributed by atoms with Gasteiger partial charge >= 0.3 is 12.1 Å². The summed E-state index contributed by atoms with van der Waals surface area (Å²) in [6.07, 6.45) is -5.89. The summed E-state index contributed by atoms with van der Waals surface area (Å²) in [6.45, 7) is -0.770. The first kappa shape index (κ1) is 29.9. The molecule has 0 amide bonds. The van der Waals surface area contributed by atoms with E-state index in [1.165, 1.54) is 12.1 Å². The Balaban J connectivity index is 1.89. The topological polar surface area (TPSA) is 83.9 Å². The molecule has 1 aliphatic heterocycles. The molecule has 1 saturated carbocycles. The number of carbonyl (C=O) groups is 1. The van der Waals surface area contributed by atoms with E-state index in [1.54, 1.807) is 0 Å². The second-order valence-electron chi connectivity index (χ2n) is 10.4. The Morgan fingerprint density at radius 1 is 1.15 bits per heavy atom. The van der Waals surface area contributed by atoms with Crippen LogP contribution in [-0.4, -0.2) is 44.1 Å². The number of hydrogen-bond donors (Lipinski definition) is 1. The first-order valence-corrected chi connectivity index (χ1v) is 13.9. The second kappa shape index (κ2) is 10.4. The van der Waals surface area contributed by atoms with Crippen molar-refractivity contribution in [1.29, 1.82) is 0 Å². The number of sulfone groups is 1. The first-order chi connectivity index (χ1) is 18.4. The van der Waals surface area contributed by atoms with E-state index in [9.17, 15) is 44.7 Å². The summed E-state index contributed by atoms with van der Waals surface area (Å²) in [5.41, 5.74) is -6.47. The fraction of sp³-hybridized carbons (Fsp3) is 0.500. The average Bonchev–Trinajstić information content (AvgIpc) is 2.88. The van der Waals surface area contributed by atoms with E-state index in [0.717, 1.165) is 17.0 Å².